The van der Waals surface area contributed by atoms with Gasteiger partial charge in [-0.1, -0.05) is 20.8 Å². The molecule has 0 aliphatic heterocycles. The smallest absolute Gasteiger partial charge is 0.110 e. The van der Waals surface area contributed by atoms with Gasteiger partial charge in [-0.2, -0.15) is 0 Å². The molecule has 0 saturated heterocycles. The van der Waals surface area contributed by atoms with Crippen LogP contribution in [0.3, 0.4) is 0 Å². The molecule has 1 heterocycles. The van der Waals surface area contributed by atoms with Gasteiger partial charge < -0.3 is 9.88 Å². The van der Waals surface area contributed by atoms with Crippen molar-refractivity contribution in [2.24, 2.45) is 7.05 Å². The largest absolute Gasteiger partial charge is 0.326 e. The van der Waals surface area contributed by atoms with Gasteiger partial charge in [0.2, 0.25) is 0 Å². The molecule has 0 atom stereocenters. The highest BCUT2D eigenvalue weighted by Gasteiger charge is 2.23. The van der Waals surface area contributed by atoms with Crippen molar-refractivity contribution in [3.05, 3.63) is 16.1 Å². The Balaban J connectivity index is 3.02. The Bertz CT molecular complexity index is 336. The van der Waals surface area contributed by atoms with E-state index >= 15 is 0 Å². The summed E-state index contributed by atoms with van der Waals surface area (Å²) >= 11 is 3.61. The second-order valence-corrected chi connectivity index (χ2v) is 5.58. The Hall–Kier alpha value is -0.350. The first-order valence-electron chi connectivity index (χ1n) is 5.24. The van der Waals surface area contributed by atoms with Crippen LogP contribution in [0.1, 0.15) is 32.3 Å². The highest BCUT2D eigenvalue weighted by molar-refractivity contribution is 9.10. The Morgan fingerprint density at radius 3 is 2.40 bits per heavy atom. The molecule has 15 heavy (non-hydrogen) atoms. The number of halogens is 1. The van der Waals surface area contributed by atoms with Crippen molar-refractivity contribution in [2.75, 3.05) is 13.6 Å². The number of aromatic nitrogens is 2. The van der Waals surface area contributed by atoms with Gasteiger partial charge in [0, 0.05) is 25.4 Å². The maximum Gasteiger partial charge on any atom is 0.110 e. The van der Waals surface area contributed by atoms with Crippen molar-refractivity contribution < 1.29 is 0 Å². The van der Waals surface area contributed by atoms with Crippen LogP contribution in [0.15, 0.2) is 4.60 Å². The van der Waals surface area contributed by atoms with Crippen LogP contribution in [0.2, 0.25) is 0 Å². The topological polar surface area (TPSA) is 29.9 Å². The monoisotopic (exact) mass is 273 g/mol. The van der Waals surface area contributed by atoms with Crippen LogP contribution in [0.25, 0.3) is 0 Å². The van der Waals surface area contributed by atoms with Crippen molar-refractivity contribution in [2.45, 2.75) is 32.6 Å². The SMILES string of the molecule is CNCCc1nc(C(C)(C)C)c(Br)n1C. The average Bonchev–Trinajstić information content (AvgIpc) is 2.41. The van der Waals surface area contributed by atoms with E-state index in [1.807, 2.05) is 7.05 Å². The lowest BCUT2D eigenvalue weighted by Gasteiger charge is -2.15. The lowest BCUT2D eigenvalue weighted by Crippen LogP contribution is -2.14. The third kappa shape index (κ3) is 2.82. The second kappa shape index (κ2) is 4.66. The average molecular weight is 274 g/mol. The van der Waals surface area contributed by atoms with Crippen LogP contribution in [0.4, 0.5) is 0 Å². The molecule has 0 amide bonds. The molecule has 3 nitrogen and oxygen atoms in total. The van der Waals surface area contributed by atoms with E-state index in [-0.39, 0.29) is 5.41 Å². The minimum atomic E-state index is 0.0918. The molecular weight excluding hydrogens is 254 g/mol. The van der Waals surface area contributed by atoms with Gasteiger partial charge >= 0.3 is 0 Å². The van der Waals surface area contributed by atoms with Crippen LogP contribution >= 0.6 is 15.9 Å². The van der Waals surface area contributed by atoms with E-state index in [9.17, 15) is 0 Å². The molecule has 86 valence electrons. The summed E-state index contributed by atoms with van der Waals surface area (Å²) in [5.41, 5.74) is 1.23. The summed E-state index contributed by atoms with van der Waals surface area (Å²) in [4.78, 5) is 4.69. The van der Waals surface area contributed by atoms with Crippen LogP contribution in [0.5, 0.6) is 0 Å². The van der Waals surface area contributed by atoms with Gasteiger partial charge in [-0.3, -0.25) is 0 Å². The van der Waals surface area contributed by atoms with E-state index in [0.29, 0.717) is 0 Å². The van der Waals surface area contributed by atoms with Crippen LogP contribution < -0.4 is 5.32 Å². The molecule has 0 fully saturated rings. The summed E-state index contributed by atoms with van der Waals surface area (Å²) in [5, 5.41) is 3.14. The number of likely N-dealkylation sites (N-methyl/N-ethyl adjacent to an activating group) is 1. The molecule has 1 aromatic rings. The first kappa shape index (κ1) is 12.7. The van der Waals surface area contributed by atoms with E-state index in [4.69, 9.17) is 4.98 Å². The zero-order valence-electron chi connectivity index (χ0n) is 10.2. The molecule has 0 bridgehead atoms. The van der Waals surface area contributed by atoms with Crippen LogP contribution in [-0.2, 0) is 18.9 Å². The molecule has 0 aliphatic rings. The molecule has 1 aromatic heterocycles. The number of hydrogen-bond donors (Lipinski definition) is 1. The molecule has 0 aliphatic carbocycles. The van der Waals surface area contributed by atoms with Gasteiger partial charge in [-0.05, 0) is 23.0 Å². The minimum Gasteiger partial charge on any atom is -0.326 e. The van der Waals surface area contributed by atoms with Crippen molar-refractivity contribution in [1.29, 1.82) is 0 Å². The fourth-order valence-corrected chi connectivity index (χ4v) is 2.35. The maximum atomic E-state index is 4.69. The first-order valence-corrected chi connectivity index (χ1v) is 6.03. The van der Waals surface area contributed by atoms with E-state index < -0.39 is 0 Å². The quantitative estimate of drug-likeness (QED) is 0.916. The Morgan fingerprint density at radius 1 is 1.40 bits per heavy atom. The zero-order valence-corrected chi connectivity index (χ0v) is 11.8. The fourth-order valence-electron chi connectivity index (χ4n) is 1.46. The molecule has 1 N–H and O–H groups in total. The summed E-state index contributed by atoms with van der Waals surface area (Å²) in [5.74, 6) is 1.13. The number of imidazole rings is 1. The normalized spacial score (nSPS) is 12.1. The van der Waals surface area contributed by atoms with E-state index in [0.717, 1.165) is 29.1 Å². The summed E-state index contributed by atoms with van der Waals surface area (Å²) in [6.45, 7) is 7.51. The molecule has 0 unspecified atom stereocenters. The molecular formula is C11H20BrN3. The van der Waals surface area contributed by atoms with Crippen molar-refractivity contribution in [3.63, 3.8) is 0 Å². The summed E-state index contributed by atoms with van der Waals surface area (Å²) in [6, 6.07) is 0. The van der Waals surface area contributed by atoms with Crippen LogP contribution in [-0.4, -0.2) is 23.1 Å². The van der Waals surface area contributed by atoms with Crippen molar-refractivity contribution in [3.8, 4) is 0 Å². The molecule has 1 rings (SSSR count). The predicted octanol–water partition coefficient (Wildman–Crippen LogP) is 2.24. The van der Waals surface area contributed by atoms with Crippen molar-refractivity contribution in [1.82, 2.24) is 14.9 Å². The first-order chi connectivity index (χ1) is 6.88. The van der Waals surface area contributed by atoms with Gasteiger partial charge in [-0.15, -0.1) is 0 Å². The van der Waals surface area contributed by atoms with Gasteiger partial charge in [0.1, 0.15) is 10.4 Å². The third-order valence-corrected chi connectivity index (χ3v) is 3.33. The zero-order chi connectivity index (χ0) is 11.6. The van der Waals surface area contributed by atoms with E-state index in [1.54, 1.807) is 0 Å². The molecule has 4 heteroatoms. The lowest BCUT2D eigenvalue weighted by molar-refractivity contribution is 0.566. The van der Waals surface area contributed by atoms with Crippen molar-refractivity contribution >= 4 is 15.9 Å². The Labute approximate surface area is 100 Å². The number of nitrogens with zero attached hydrogens (tertiary/aromatic N) is 2. The third-order valence-electron chi connectivity index (χ3n) is 2.43. The molecule has 0 radical (unpaired) electrons. The standard InChI is InChI=1S/C11H20BrN3/c1-11(2,3)9-10(12)15(5)8(14-9)6-7-13-4/h13H,6-7H2,1-5H3. The predicted molar refractivity (Wildman–Crippen MR) is 67.2 cm³/mol. The molecule has 0 spiro atoms. The fraction of sp³-hybridized carbons (Fsp3) is 0.727. The van der Waals surface area contributed by atoms with Gasteiger partial charge in [-0.25, -0.2) is 4.98 Å². The summed E-state index contributed by atoms with van der Waals surface area (Å²) in [7, 11) is 4.01. The molecule has 0 aromatic carbocycles. The van der Waals surface area contributed by atoms with Gasteiger partial charge in [0.25, 0.3) is 0 Å². The maximum absolute atomic E-state index is 4.69. The van der Waals surface area contributed by atoms with Crippen LogP contribution in [0, 0.1) is 0 Å². The Kier molecular flexibility index (Phi) is 3.95. The highest BCUT2D eigenvalue weighted by atomic mass is 79.9. The van der Waals surface area contributed by atoms with Gasteiger partial charge in [0.15, 0.2) is 0 Å². The van der Waals surface area contributed by atoms with E-state index in [2.05, 4.69) is 53.6 Å². The number of hydrogen-bond acceptors (Lipinski definition) is 2. The Morgan fingerprint density at radius 2 is 2.00 bits per heavy atom. The number of nitrogens with one attached hydrogen (secondary N) is 1. The highest BCUT2D eigenvalue weighted by Crippen LogP contribution is 2.29. The summed E-state index contributed by atoms with van der Waals surface area (Å²) in [6.07, 6.45) is 0.960. The minimum absolute atomic E-state index is 0.0918. The van der Waals surface area contributed by atoms with E-state index in [1.165, 1.54) is 0 Å². The second-order valence-electron chi connectivity index (χ2n) is 4.83. The van der Waals surface area contributed by atoms with Gasteiger partial charge in [0.05, 0.1) is 5.69 Å². The molecule has 0 saturated carbocycles. The lowest BCUT2D eigenvalue weighted by atomic mass is 9.93. The summed E-state index contributed by atoms with van der Waals surface area (Å²) < 4.78 is 3.22. The number of rotatable bonds is 3.